The summed E-state index contributed by atoms with van der Waals surface area (Å²) in [5.74, 6) is -0.471. The van der Waals surface area contributed by atoms with Gasteiger partial charge in [-0.05, 0) is 51.5 Å². The van der Waals surface area contributed by atoms with Crippen molar-refractivity contribution >= 4 is 27.1 Å². The third kappa shape index (κ3) is 4.23. The predicted molar refractivity (Wildman–Crippen MR) is 82.4 cm³/mol. The van der Waals surface area contributed by atoms with Crippen LogP contribution in [0.2, 0.25) is 0 Å². The molecule has 1 rings (SSSR count). The van der Waals surface area contributed by atoms with Crippen molar-refractivity contribution in [1.82, 2.24) is 0 Å². The van der Waals surface area contributed by atoms with E-state index in [0.29, 0.717) is 11.4 Å². The zero-order valence-corrected chi connectivity index (χ0v) is 13.2. The lowest BCUT2D eigenvalue weighted by atomic mass is 10.2. The minimum Gasteiger partial charge on any atom is -0.399 e. The van der Waals surface area contributed by atoms with Gasteiger partial charge in [0.2, 0.25) is 5.91 Å². The summed E-state index contributed by atoms with van der Waals surface area (Å²) in [6.07, 6.45) is -0.0522. The van der Waals surface area contributed by atoms with Gasteiger partial charge in [0.25, 0.3) is 0 Å². The first-order valence-electron chi connectivity index (χ1n) is 6.41. The van der Waals surface area contributed by atoms with Crippen LogP contribution in [0, 0.1) is 6.92 Å². The number of sulfone groups is 1. The molecular weight excluding hydrogens is 276 g/mol. The van der Waals surface area contributed by atoms with Crippen LogP contribution in [0.15, 0.2) is 18.2 Å². The molecule has 20 heavy (non-hydrogen) atoms. The molecule has 0 unspecified atom stereocenters. The average Bonchev–Trinajstić information content (AvgIpc) is 2.29. The third-order valence-corrected chi connectivity index (χ3v) is 5.66. The Balaban J connectivity index is 2.66. The fraction of sp³-hybridized carbons (Fsp3) is 0.500. The molecule has 0 spiro atoms. The van der Waals surface area contributed by atoms with Crippen LogP contribution in [0.25, 0.3) is 0 Å². The average molecular weight is 298 g/mol. The van der Waals surface area contributed by atoms with E-state index in [0.717, 1.165) is 5.56 Å². The minimum absolute atomic E-state index is 0.0522. The van der Waals surface area contributed by atoms with Gasteiger partial charge in [0.1, 0.15) is 0 Å². The number of benzene rings is 1. The molecule has 0 atom stereocenters. The predicted octanol–water partition coefficient (Wildman–Crippen LogP) is 2.12. The van der Waals surface area contributed by atoms with Crippen molar-refractivity contribution in [3.8, 4) is 0 Å². The lowest BCUT2D eigenvalue weighted by Crippen LogP contribution is -2.32. The molecule has 0 heterocycles. The summed E-state index contributed by atoms with van der Waals surface area (Å²) >= 11 is 0. The number of nitrogens with one attached hydrogen (secondary N) is 1. The summed E-state index contributed by atoms with van der Waals surface area (Å²) < 4.78 is 23.0. The van der Waals surface area contributed by atoms with Crippen molar-refractivity contribution < 1.29 is 13.2 Å². The second-order valence-corrected chi connectivity index (χ2v) is 8.67. The Kier molecular flexibility index (Phi) is 4.81. The highest BCUT2D eigenvalue weighted by Gasteiger charge is 2.29. The van der Waals surface area contributed by atoms with Gasteiger partial charge in [0, 0.05) is 17.8 Å². The molecule has 1 aromatic rings. The van der Waals surface area contributed by atoms with Crippen LogP contribution in [0.3, 0.4) is 0 Å². The summed E-state index contributed by atoms with van der Waals surface area (Å²) in [4.78, 5) is 11.8. The molecule has 6 heteroatoms. The smallest absolute Gasteiger partial charge is 0.225 e. The van der Waals surface area contributed by atoms with E-state index < -0.39 is 14.6 Å². The number of hydrogen-bond acceptors (Lipinski definition) is 4. The lowest BCUT2D eigenvalue weighted by Gasteiger charge is -2.18. The second-order valence-electron chi connectivity index (χ2n) is 5.80. The molecule has 0 aliphatic heterocycles. The fourth-order valence-electron chi connectivity index (χ4n) is 1.57. The van der Waals surface area contributed by atoms with Crippen molar-refractivity contribution in [3.63, 3.8) is 0 Å². The number of carbonyl (C=O) groups excluding carboxylic acids is 1. The molecule has 1 amide bonds. The highest BCUT2D eigenvalue weighted by Crippen LogP contribution is 2.19. The summed E-state index contributed by atoms with van der Waals surface area (Å²) in [5, 5.41) is 2.70. The molecule has 3 N–H and O–H groups in total. The SMILES string of the molecule is Cc1cc(N)ccc1NC(=O)CCS(=O)(=O)C(C)(C)C. The lowest BCUT2D eigenvalue weighted by molar-refractivity contribution is -0.115. The van der Waals surface area contributed by atoms with Gasteiger partial charge in [0.05, 0.1) is 10.5 Å². The van der Waals surface area contributed by atoms with Crippen LogP contribution < -0.4 is 11.1 Å². The quantitative estimate of drug-likeness (QED) is 0.833. The number of aryl methyl sites for hydroxylation is 1. The third-order valence-electron chi connectivity index (χ3n) is 3.06. The Morgan fingerprint density at radius 1 is 1.30 bits per heavy atom. The first-order valence-corrected chi connectivity index (χ1v) is 8.06. The Morgan fingerprint density at radius 2 is 1.90 bits per heavy atom. The summed E-state index contributed by atoms with van der Waals surface area (Å²) in [7, 11) is -3.28. The number of nitrogen functional groups attached to an aromatic ring is 1. The van der Waals surface area contributed by atoms with Gasteiger partial charge < -0.3 is 11.1 Å². The number of amides is 1. The zero-order chi connectivity index (χ0) is 15.6. The van der Waals surface area contributed by atoms with E-state index in [4.69, 9.17) is 5.73 Å². The zero-order valence-electron chi connectivity index (χ0n) is 12.4. The molecule has 5 nitrogen and oxygen atoms in total. The Morgan fingerprint density at radius 3 is 2.40 bits per heavy atom. The highest BCUT2D eigenvalue weighted by atomic mass is 32.2. The molecule has 112 valence electrons. The molecule has 0 bridgehead atoms. The van der Waals surface area contributed by atoms with E-state index >= 15 is 0 Å². The Labute approximate surface area is 120 Å². The van der Waals surface area contributed by atoms with Gasteiger partial charge in [-0.3, -0.25) is 4.79 Å². The van der Waals surface area contributed by atoms with Gasteiger partial charge in [-0.1, -0.05) is 0 Å². The van der Waals surface area contributed by atoms with E-state index in [2.05, 4.69) is 5.32 Å². The molecule has 0 fully saturated rings. The maximum absolute atomic E-state index is 11.9. The van der Waals surface area contributed by atoms with Crippen molar-refractivity contribution in [3.05, 3.63) is 23.8 Å². The van der Waals surface area contributed by atoms with Crippen LogP contribution in [-0.4, -0.2) is 24.8 Å². The van der Waals surface area contributed by atoms with E-state index in [1.165, 1.54) is 0 Å². The van der Waals surface area contributed by atoms with Gasteiger partial charge in [-0.15, -0.1) is 0 Å². The van der Waals surface area contributed by atoms with Crippen molar-refractivity contribution in [2.75, 3.05) is 16.8 Å². The van der Waals surface area contributed by atoms with Crippen LogP contribution in [-0.2, 0) is 14.6 Å². The minimum atomic E-state index is -3.28. The van der Waals surface area contributed by atoms with Crippen molar-refractivity contribution in [2.24, 2.45) is 0 Å². The largest absolute Gasteiger partial charge is 0.399 e. The highest BCUT2D eigenvalue weighted by molar-refractivity contribution is 7.92. The van der Waals surface area contributed by atoms with Gasteiger partial charge >= 0.3 is 0 Å². The van der Waals surface area contributed by atoms with E-state index in [9.17, 15) is 13.2 Å². The van der Waals surface area contributed by atoms with Crippen LogP contribution >= 0.6 is 0 Å². The topological polar surface area (TPSA) is 89.3 Å². The molecule has 1 aromatic carbocycles. The maximum atomic E-state index is 11.9. The standard InChI is InChI=1S/C14H22N2O3S/c1-10-9-11(15)5-6-12(10)16-13(17)7-8-20(18,19)14(2,3)4/h5-6,9H,7-8,15H2,1-4H3,(H,16,17). The molecule has 0 saturated heterocycles. The van der Waals surface area contributed by atoms with Crippen molar-refractivity contribution in [2.45, 2.75) is 38.9 Å². The van der Waals surface area contributed by atoms with E-state index in [1.807, 2.05) is 6.92 Å². The van der Waals surface area contributed by atoms with Gasteiger partial charge in [0.15, 0.2) is 9.84 Å². The van der Waals surface area contributed by atoms with Gasteiger partial charge in [-0.25, -0.2) is 8.42 Å². The molecule has 0 saturated carbocycles. The molecular formula is C14H22N2O3S. The monoisotopic (exact) mass is 298 g/mol. The number of rotatable bonds is 4. The van der Waals surface area contributed by atoms with E-state index in [-0.39, 0.29) is 18.1 Å². The molecule has 0 aliphatic carbocycles. The summed E-state index contributed by atoms with van der Waals surface area (Å²) in [6.45, 7) is 6.72. The normalized spacial score (nSPS) is 12.2. The van der Waals surface area contributed by atoms with Crippen LogP contribution in [0.5, 0.6) is 0 Å². The van der Waals surface area contributed by atoms with Crippen LogP contribution in [0.1, 0.15) is 32.8 Å². The fourth-order valence-corrected chi connectivity index (χ4v) is 2.64. The summed E-state index contributed by atoms with van der Waals surface area (Å²) in [5.41, 5.74) is 7.75. The number of nitrogens with two attached hydrogens (primary N) is 1. The Bertz CT molecular complexity index is 601. The second kappa shape index (κ2) is 5.83. The van der Waals surface area contributed by atoms with Gasteiger partial charge in [-0.2, -0.15) is 0 Å². The molecule has 0 aliphatic rings. The van der Waals surface area contributed by atoms with Crippen LogP contribution in [0.4, 0.5) is 11.4 Å². The number of carbonyl (C=O) groups is 1. The Hall–Kier alpha value is -1.56. The summed E-state index contributed by atoms with van der Waals surface area (Å²) in [6, 6.07) is 5.15. The molecule has 0 radical (unpaired) electrons. The molecule has 0 aromatic heterocycles. The first-order chi connectivity index (χ1) is 9.03. The maximum Gasteiger partial charge on any atom is 0.225 e. The number of anilines is 2. The first kappa shape index (κ1) is 16.5. The van der Waals surface area contributed by atoms with E-state index in [1.54, 1.807) is 39.0 Å². The number of hydrogen-bond donors (Lipinski definition) is 2. The van der Waals surface area contributed by atoms with Crippen molar-refractivity contribution in [1.29, 1.82) is 0 Å².